The van der Waals surface area contributed by atoms with E-state index in [1.54, 1.807) is 19.5 Å². The van der Waals surface area contributed by atoms with Crippen molar-refractivity contribution in [1.29, 1.82) is 0 Å². The van der Waals surface area contributed by atoms with Crippen LogP contribution < -0.4 is 9.64 Å². The van der Waals surface area contributed by atoms with Crippen molar-refractivity contribution in [3.05, 3.63) is 12.4 Å². The minimum atomic E-state index is 0.274. The van der Waals surface area contributed by atoms with E-state index in [1.165, 1.54) is 6.42 Å². The summed E-state index contributed by atoms with van der Waals surface area (Å²) in [5.41, 5.74) is 0. The lowest BCUT2D eigenvalue weighted by molar-refractivity contribution is -0.134. The van der Waals surface area contributed by atoms with Gasteiger partial charge in [0, 0.05) is 39.3 Å². The summed E-state index contributed by atoms with van der Waals surface area (Å²) in [5, 5.41) is 0. The number of rotatable bonds is 4. The molecular formula is C17H27N5O2. The minimum Gasteiger partial charge on any atom is -0.480 e. The fourth-order valence-electron chi connectivity index (χ4n) is 3.43. The predicted molar refractivity (Wildman–Crippen MR) is 92.2 cm³/mol. The Labute approximate surface area is 143 Å². The number of ether oxygens (including phenoxy) is 1. The lowest BCUT2D eigenvalue weighted by atomic mass is 10.0. The Bertz CT molecular complexity index is 560. The van der Waals surface area contributed by atoms with Gasteiger partial charge < -0.3 is 14.5 Å². The Morgan fingerprint density at radius 3 is 2.75 bits per heavy atom. The molecule has 0 radical (unpaired) electrons. The molecule has 1 unspecified atom stereocenters. The zero-order chi connectivity index (χ0) is 16.9. The molecule has 1 aromatic heterocycles. The summed E-state index contributed by atoms with van der Waals surface area (Å²) >= 11 is 0. The number of nitrogens with zero attached hydrogens (tertiary/aromatic N) is 5. The molecule has 2 fully saturated rings. The maximum Gasteiger partial charge on any atom is 0.236 e. The number of piperidine rings is 1. The zero-order valence-corrected chi connectivity index (χ0v) is 14.6. The molecule has 0 aliphatic carbocycles. The number of methoxy groups -OCH3 is 1. The van der Waals surface area contributed by atoms with Crippen LogP contribution in [0.1, 0.15) is 19.8 Å². The van der Waals surface area contributed by atoms with Crippen LogP contribution in [-0.2, 0) is 4.79 Å². The summed E-state index contributed by atoms with van der Waals surface area (Å²) in [4.78, 5) is 27.5. The monoisotopic (exact) mass is 333 g/mol. The number of hydrogen-bond acceptors (Lipinski definition) is 6. The molecule has 2 aliphatic rings. The Balaban J connectivity index is 1.49. The molecule has 0 saturated carbocycles. The molecule has 1 aromatic rings. The molecular weight excluding hydrogens is 306 g/mol. The van der Waals surface area contributed by atoms with Crippen LogP contribution in [0.3, 0.4) is 0 Å². The van der Waals surface area contributed by atoms with Crippen molar-refractivity contribution in [2.24, 2.45) is 5.92 Å². The van der Waals surface area contributed by atoms with Gasteiger partial charge in [-0.05, 0) is 18.8 Å². The van der Waals surface area contributed by atoms with Crippen molar-refractivity contribution >= 4 is 11.7 Å². The van der Waals surface area contributed by atoms with Crippen LogP contribution >= 0.6 is 0 Å². The molecule has 0 spiro atoms. The van der Waals surface area contributed by atoms with Crippen molar-refractivity contribution in [2.75, 3.05) is 57.8 Å². The van der Waals surface area contributed by atoms with Crippen LogP contribution in [0, 0.1) is 5.92 Å². The van der Waals surface area contributed by atoms with E-state index in [9.17, 15) is 4.79 Å². The van der Waals surface area contributed by atoms with E-state index in [0.29, 0.717) is 18.3 Å². The van der Waals surface area contributed by atoms with E-state index in [0.717, 1.165) is 51.5 Å². The largest absolute Gasteiger partial charge is 0.480 e. The fraction of sp³-hybridized carbons (Fsp3) is 0.706. The topological polar surface area (TPSA) is 61.8 Å². The summed E-state index contributed by atoms with van der Waals surface area (Å²) in [6.07, 6.45) is 5.75. The van der Waals surface area contributed by atoms with Crippen LogP contribution in [0.25, 0.3) is 0 Å². The molecule has 24 heavy (non-hydrogen) atoms. The van der Waals surface area contributed by atoms with Crippen molar-refractivity contribution in [3.8, 4) is 5.88 Å². The van der Waals surface area contributed by atoms with Crippen LogP contribution in [0.15, 0.2) is 12.4 Å². The summed E-state index contributed by atoms with van der Waals surface area (Å²) in [6.45, 7) is 8.04. The average Bonchev–Trinajstić information content (AvgIpc) is 2.62. The van der Waals surface area contributed by atoms with Crippen LogP contribution in [0.4, 0.5) is 5.82 Å². The summed E-state index contributed by atoms with van der Waals surface area (Å²) in [7, 11) is 1.60. The van der Waals surface area contributed by atoms with Crippen LogP contribution in [0.2, 0.25) is 0 Å². The number of anilines is 1. The smallest absolute Gasteiger partial charge is 0.236 e. The van der Waals surface area contributed by atoms with E-state index in [-0.39, 0.29) is 5.91 Å². The Morgan fingerprint density at radius 1 is 1.25 bits per heavy atom. The van der Waals surface area contributed by atoms with Gasteiger partial charge in [0.2, 0.25) is 11.8 Å². The van der Waals surface area contributed by atoms with Crippen molar-refractivity contribution in [3.63, 3.8) is 0 Å². The third-order valence-electron chi connectivity index (χ3n) is 4.87. The molecule has 2 saturated heterocycles. The molecule has 7 heteroatoms. The Morgan fingerprint density at radius 2 is 2.04 bits per heavy atom. The van der Waals surface area contributed by atoms with E-state index < -0.39 is 0 Å². The van der Waals surface area contributed by atoms with Crippen molar-refractivity contribution in [2.45, 2.75) is 19.8 Å². The fourth-order valence-corrected chi connectivity index (χ4v) is 3.43. The van der Waals surface area contributed by atoms with Gasteiger partial charge in [0.25, 0.3) is 0 Å². The second kappa shape index (κ2) is 7.79. The SMILES string of the molecule is COc1cncc(N2CCN(CC(=O)N3CCCC(C)C3)CC2)n1. The summed E-state index contributed by atoms with van der Waals surface area (Å²) < 4.78 is 5.13. The van der Waals surface area contributed by atoms with E-state index in [4.69, 9.17) is 4.74 Å². The number of hydrogen-bond donors (Lipinski definition) is 0. The zero-order valence-electron chi connectivity index (χ0n) is 14.6. The summed E-state index contributed by atoms with van der Waals surface area (Å²) in [5.74, 6) is 2.27. The number of likely N-dealkylation sites (tertiary alicyclic amines) is 1. The van der Waals surface area contributed by atoms with Gasteiger partial charge in [-0.1, -0.05) is 6.92 Å². The number of carbonyl (C=O) groups excluding carboxylic acids is 1. The number of amides is 1. The number of carbonyl (C=O) groups is 1. The highest BCUT2D eigenvalue weighted by Gasteiger charge is 2.25. The minimum absolute atomic E-state index is 0.274. The highest BCUT2D eigenvalue weighted by molar-refractivity contribution is 5.78. The van der Waals surface area contributed by atoms with Gasteiger partial charge in [-0.2, -0.15) is 4.98 Å². The Kier molecular flexibility index (Phi) is 5.50. The maximum absolute atomic E-state index is 12.5. The van der Waals surface area contributed by atoms with Gasteiger partial charge in [0.15, 0.2) is 5.82 Å². The lowest BCUT2D eigenvalue weighted by Crippen LogP contribution is -2.51. The molecule has 132 valence electrons. The first-order valence-electron chi connectivity index (χ1n) is 8.77. The molecule has 0 N–H and O–H groups in total. The molecule has 3 heterocycles. The second-order valence-corrected chi connectivity index (χ2v) is 6.77. The molecule has 1 amide bonds. The lowest BCUT2D eigenvalue weighted by Gasteiger charge is -2.37. The average molecular weight is 333 g/mol. The first-order valence-corrected chi connectivity index (χ1v) is 8.77. The van der Waals surface area contributed by atoms with E-state index >= 15 is 0 Å². The molecule has 3 rings (SSSR count). The molecule has 7 nitrogen and oxygen atoms in total. The first-order chi connectivity index (χ1) is 11.7. The third kappa shape index (κ3) is 4.14. The van der Waals surface area contributed by atoms with Crippen molar-refractivity contribution < 1.29 is 9.53 Å². The third-order valence-corrected chi connectivity index (χ3v) is 4.87. The first kappa shape index (κ1) is 17.0. The second-order valence-electron chi connectivity index (χ2n) is 6.77. The van der Waals surface area contributed by atoms with Crippen LogP contribution in [-0.4, -0.2) is 78.6 Å². The van der Waals surface area contributed by atoms with Gasteiger partial charge in [0.05, 0.1) is 26.0 Å². The van der Waals surface area contributed by atoms with Gasteiger partial charge >= 0.3 is 0 Å². The van der Waals surface area contributed by atoms with E-state index in [2.05, 4.69) is 26.7 Å². The normalized spacial score (nSPS) is 22.5. The van der Waals surface area contributed by atoms with Gasteiger partial charge in [0.1, 0.15) is 0 Å². The number of piperazine rings is 1. The Hall–Kier alpha value is -1.89. The van der Waals surface area contributed by atoms with E-state index in [1.807, 2.05) is 4.90 Å². The highest BCUT2D eigenvalue weighted by atomic mass is 16.5. The van der Waals surface area contributed by atoms with Crippen molar-refractivity contribution in [1.82, 2.24) is 19.8 Å². The molecule has 2 aliphatic heterocycles. The molecule has 0 bridgehead atoms. The van der Waals surface area contributed by atoms with Gasteiger partial charge in [-0.25, -0.2) is 0 Å². The predicted octanol–water partition coefficient (Wildman–Crippen LogP) is 0.866. The quantitative estimate of drug-likeness (QED) is 0.815. The summed E-state index contributed by atoms with van der Waals surface area (Å²) in [6, 6.07) is 0. The number of aromatic nitrogens is 2. The maximum atomic E-state index is 12.5. The van der Waals surface area contributed by atoms with Gasteiger partial charge in [-0.15, -0.1) is 0 Å². The van der Waals surface area contributed by atoms with Gasteiger partial charge in [-0.3, -0.25) is 14.7 Å². The van der Waals surface area contributed by atoms with Crippen LogP contribution in [0.5, 0.6) is 5.88 Å². The molecule has 0 aromatic carbocycles. The highest BCUT2D eigenvalue weighted by Crippen LogP contribution is 2.17. The standard InChI is InChI=1S/C17H27N5O2/c1-14-4-3-5-22(12-14)17(23)13-20-6-8-21(9-7-20)15-10-18-11-16(19-15)24-2/h10-11,14H,3-9,12-13H2,1-2H3. The molecule has 1 atom stereocenters.